The van der Waals surface area contributed by atoms with E-state index in [1.54, 1.807) is 18.2 Å². The number of morpholine rings is 1. The Labute approximate surface area is 123 Å². The number of benzene rings is 1. The molecule has 21 heavy (non-hydrogen) atoms. The molecule has 2 atom stereocenters. The van der Waals surface area contributed by atoms with Gasteiger partial charge in [0, 0.05) is 12.2 Å². The summed E-state index contributed by atoms with van der Waals surface area (Å²) in [4.78, 5) is 23.9. The molecule has 1 amide bonds. The highest BCUT2D eigenvalue weighted by Gasteiger charge is 2.28. The van der Waals surface area contributed by atoms with Crippen LogP contribution in [-0.2, 0) is 14.3 Å². The SMILES string of the molecule is COC(=O)c1cc(NC(=O)[C@H]2NCCO[C@@H]2C)ccc1C. The first kappa shape index (κ1) is 15.5. The summed E-state index contributed by atoms with van der Waals surface area (Å²) >= 11 is 0. The Hall–Kier alpha value is -1.92. The van der Waals surface area contributed by atoms with Gasteiger partial charge in [0.15, 0.2) is 0 Å². The predicted molar refractivity (Wildman–Crippen MR) is 78.4 cm³/mol. The van der Waals surface area contributed by atoms with Gasteiger partial charge in [0.1, 0.15) is 6.04 Å². The smallest absolute Gasteiger partial charge is 0.338 e. The number of ether oxygens (including phenoxy) is 2. The number of nitrogens with one attached hydrogen (secondary N) is 2. The third-order valence-corrected chi connectivity index (χ3v) is 3.51. The maximum atomic E-state index is 12.2. The van der Waals surface area contributed by atoms with Crippen LogP contribution in [0, 0.1) is 6.92 Å². The molecule has 1 aromatic rings. The Morgan fingerprint density at radius 3 is 2.86 bits per heavy atom. The van der Waals surface area contributed by atoms with Crippen LogP contribution in [-0.4, -0.2) is 44.3 Å². The van der Waals surface area contributed by atoms with Gasteiger partial charge in [-0.3, -0.25) is 4.79 Å². The zero-order valence-corrected chi connectivity index (χ0v) is 12.4. The lowest BCUT2D eigenvalue weighted by Crippen LogP contribution is -2.53. The monoisotopic (exact) mass is 292 g/mol. The maximum absolute atomic E-state index is 12.2. The van der Waals surface area contributed by atoms with E-state index >= 15 is 0 Å². The Morgan fingerprint density at radius 1 is 1.43 bits per heavy atom. The van der Waals surface area contributed by atoms with Gasteiger partial charge in [-0.2, -0.15) is 0 Å². The number of hydrogen-bond acceptors (Lipinski definition) is 5. The largest absolute Gasteiger partial charge is 0.465 e. The standard InChI is InChI=1S/C15H20N2O4/c1-9-4-5-11(8-12(9)15(19)20-3)17-14(18)13-10(2)21-7-6-16-13/h4-5,8,10,13,16H,6-7H2,1-3H3,(H,17,18)/t10-,13+/m1/s1. The normalized spacial score (nSPS) is 21.7. The molecule has 1 saturated heterocycles. The number of amides is 1. The summed E-state index contributed by atoms with van der Waals surface area (Å²) in [6.45, 7) is 4.91. The Kier molecular flexibility index (Phi) is 4.93. The van der Waals surface area contributed by atoms with Crippen LogP contribution in [0.1, 0.15) is 22.8 Å². The molecule has 0 aliphatic carbocycles. The number of anilines is 1. The van der Waals surface area contributed by atoms with Crippen LogP contribution in [0.4, 0.5) is 5.69 Å². The summed E-state index contributed by atoms with van der Waals surface area (Å²) in [7, 11) is 1.33. The highest BCUT2D eigenvalue weighted by Crippen LogP contribution is 2.17. The number of rotatable bonds is 3. The Bertz CT molecular complexity index is 544. The molecule has 1 aliphatic rings. The third-order valence-electron chi connectivity index (χ3n) is 3.51. The van der Waals surface area contributed by atoms with Gasteiger partial charge in [-0.05, 0) is 31.5 Å². The first-order chi connectivity index (χ1) is 10.0. The van der Waals surface area contributed by atoms with E-state index < -0.39 is 12.0 Å². The number of hydrogen-bond donors (Lipinski definition) is 2. The minimum Gasteiger partial charge on any atom is -0.465 e. The van der Waals surface area contributed by atoms with Crippen LogP contribution in [0.5, 0.6) is 0 Å². The predicted octanol–water partition coefficient (Wildman–Crippen LogP) is 1.10. The zero-order chi connectivity index (χ0) is 15.4. The average Bonchev–Trinajstić information content (AvgIpc) is 2.48. The van der Waals surface area contributed by atoms with Crippen molar-refractivity contribution in [3.63, 3.8) is 0 Å². The molecule has 6 heteroatoms. The van der Waals surface area contributed by atoms with E-state index in [1.807, 2.05) is 13.8 Å². The van der Waals surface area contributed by atoms with Crippen LogP contribution in [0.3, 0.4) is 0 Å². The minimum atomic E-state index is -0.420. The van der Waals surface area contributed by atoms with Gasteiger partial charge in [-0.15, -0.1) is 0 Å². The van der Waals surface area contributed by atoms with E-state index in [9.17, 15) is 9.59 Å². The number of esters is 1. The summed E-state index contributed by atoms with van der Waals surface area (Å²) in [5.41, 5.74) is 1.80. The molecule has 1 aromatic carbocycles. The molecular weight excluding hydrogens is 272 g/mol. The number of aryl methyl sites for hydroxylation is 1. The molecule has 0 bridgehead atoms. The number of carbonyl (C=O) groups excluding carboxylic acids is 2. The van der Waals surface area contributed by atoms with Crippen molar-refractivity contribution in [3.8, 4) is 0 Å². The summed E-state index contributed by atoms with van der Waals surface area (Å²) in [5.74, 6) is -0.599. The van der Waals surface area contributed by atoms with Gasteiger partial charge in [0.05, 0.1) is 25.4 Å². The number of carbonyl (C=O) groups is 2. The van der Waals surface area contributed by atoms with Crippen molar-refractivity contribution >= 4 is 17.6 Å². The lowest BCUT2D eigenvalue weighted by molar-refractivity contribution is -0.123. The van der Waals surface area contributed by atoms with Gasteiger partial charge >= 0.3 is 5.97 Å². The molecule has 0 spiro atoms. The first-order valence-electron chi connectivity index (χ1n) is 6.87. The number of methoxy groups -OCH3 is 1. The fraction of sp³-hybridized carbons (Fsp3) is 0.467. The van der Waals surface area contributed by atoms with Crippen molar-refractivity contribution in [2.45, 2.75) is 26.0 Å². The summed E-state index contributed by atoms with van der Waals surface area (Å²) in [6, 6.07) is 4.75. The molecule has 1 aliphatic heterocycles. The van der Waals surface area contributed by atoms with E-state index in [1.165, 1.54) is 7.11 Å². The zero-order valence-electron chi connectivity index (χ0n) is 12.4. The molecule has 6 nitrogen and oxygen atoms in total. The molecule has 0 aromatic heterocycles. The second kappa shape index (κ2) is 6.69. The van der Waals surface area contributed by atoms with Gasteiger partial charge in [0.2, 0.25) is 5.91 Å². The highest BCUT2D eigenvalue weighted by atomic mass is 16.5. The van der Waals surface area contributed by atoms with Gasteiger partial charge in [-0.25, -0.2) is 4.79 Å². The van der Waals surface area contributed by atoms with Crippen molar-refractivity contribution in [1.82, 2.24) is 5.32 Å². The van der Waals surface area contributed by atoms with Crippen LogP contribution >= 0.6 is 0 Å². The summed E-state index contributed by atoms with van der Waals surface area (Å²) in [5, 5.41) is 5.92. The topological polar surface area (TPSA) is 76.7 Å². The summed E-state index contributed by atoms with van der Waals surface area (Å²) < 4.78 is 10.2. The van der Waals surface area contributed by atoms with Crippen molar-refractivity contribution < 1.29 is 19.1 Å². The minimum absolute atomic E-state index is 0.179. The fourth-order valence-electron chi connectivity index (χ4n) is 2.28. The second-order valence-corrected chi connectivity index (χ2v) is 5.02. The molecule has 2 rings (SSSR count). The lowest BCUT2D eigenvalue weighted by Gasteiger charge is -2.29. The second-order valence-electron chi connectivity index (χ2n) is 5.02. The van der Waals surface area contributed by atoms with E-state index in [2.05, 4.69) is 10.6 Å². The lowest BCUT2D eigenvalue weighted by atomic mass is 10.1. The van der Waals surface area contributed by atoms with Crippen LogP contribution < -0.4 is 10.6 Å². The van der Waals surface area contributed by atoms with E-state index in [-0.39, 0.29) is 12.0 Å². The maximum Gasteiger partial charge on any atom is 0.338 e. The van der Waals surface area contributed by atoms with Crippen molar-refractivity contribution in [3.05, 3.63) is 29.3 Å². The fourth-order valence-corrected chi connectivity index (χ4v) is 2.28. The molecule has 1 fully saturated rings. The van der Waals surface area contributed by atoms with E-state index in [4.69, 9.17) is 9.47 Å². The van der Waals surface area contributed by atoms with Gasteiger partial charge < -0.3 is 20.1 Å². The molecule has 114 valence electrons. The Balaban J connectivity index is 2.12. The van der Waals surface area contributed by atoms with E-state index in [0.29, 0.717) is 24.4 Å². The average molecular weight is 292 g/mol. The third kappa shape index (κ3) is 3.59. The molecular formula is C15H20N2O4. The quantitative estimate of drug-likeness (QED) is 0.816. The molecule has 2 N–H and O–H groups in total. The van der Waals surface area contributed by atoms with Crippen LogP contribution in [0.2, 0.25) is 0 Å². The summed E-state index contributed by atoms with van der Waals surface area (Å²) in [6.07, 6.45) is -0.190. The highest BCUT2D eigenvalue weighted by molar-refractivity contribution is 5.97. The van der Waals surface area contributed by atoms with Gasteiger partial charge in [0.25, 0.3) is 0 Å². The molecule has 0 radical (unpaired) electrons. The first-order valence-corrected chi connectivity index (χ1v) is 6.87. The van der Waals surface area contributed by atoms with E-state index in [0.717, 1.165) is 5.56 Å². The van der Waals surface area contributed by atoms with Crippen LogP contribution in [0.15, 0.2) is 18.2 Å². The van der Waals surface area contributed by atoms with Crippen molar-refractivity contribution in [1.29, 1.82) is 0 Å². The molecule has 0 unspecified atom stereocenters. The Morgan fingerprint density at radius 2 is 2.19 bits per heavy atom. The van der Waals surface area contributed by atoms with Crippen molar-refractivity contribution in [2.75, 3.05) is 25.6 Å². The molecule has 1 heterocycles. The molecule has 0 saturated carbocycles. The van der Waals surface area contributed by atoms with Gasteiger partial charge in [-0.1, -0.05) is 6.07 Å². The van der Waals surface area contributed by atoms with Crippen molar-refractivity contribution in [2.24, 2.45) is 0 Å². The van der Waals surface area contributed by atoms with Crippen LogP contribution in [0.25, 0.3) is 0 Å².